The summed E-state index contributed by atoms with van der Waals surface area (Å²) < 4.78 is 5.70. The van der Waals surface area contributed by atoms with Crippen molar-refractivity contribution in [1.29, 1.82) is 0 Å². The van der Waals surface area contributed by atoms with Crippen molar-refractivity contribution in [2.75, 3.05) is 6.61 Å². The Balaban J connectivity index is 2.10. The molecular formula is C17H25NO2. The van der Waals surface area contributed by atoms with Crippen molar-refractivity contribution in [3.8, 4) is 5.75 Å². The number of carbonyl (C=O) groups is 1. The van der Waals surface area contributed by atoms with Crippen LogP contribution in [0.3, 0.4) is 0 Å². The van der Waals surface area contributed by atoms with E-state index >= 15 is 0 Å². The van der Waals surface area contributed by atoms with Crippen molar-refractivity contribution in [2.45, 2.75) is 52.5 Å². The summed E-state index contributed by atoms with van der Waals surface area (Å²) in [7, 11) is 0. The number of benzene rings is 1. The predicted octanol–water partition coefficient (Wildman–Crippen LogP) is 3.35. The minimum absolute atomic E-state index is 0.0954. The van der Waals surface area contributed by atoms with E-state index in [1.807, 2.05) is 18.2 Å². The molecule has 2 rings (SSSR count). The van der Waals surface area contributed by atoms with Crippen LogP contribution >= 0.6 is 0 Å². The van der Waals surface area contributed by atoms with E-state index in [1.54, 1.807) is 0 Å². The zero-order valence-corrected chi connectivity index (χ0v) is 12.7. The average molecular weight is 275 g/mol. The van der Waals surface area contributed by atoms with Gasteiger partial charge in [0.1, 0.15) is 5.75 Å². The Labute approximate surface area is 121 Å². The Morgan fingerprint density at radius 3 is 2.85 bits per heavy atom. The summed E-state index contributed by atoms with van der Waals surface area (Å²) in [4.78, 5) is 12.5. The van der Waals surface area contributed by atoms with Gasteiger partial charge in [-0.3, -0.25) is 4.79 Å². The predicted molar refractivity (Wildman–Crippen MR) is 81.3 cm³/mol. The first-order valence-corrected chi connectivity index (χ1v) is 7.40. The molecule has 2 N–H and O–H groups in total. The molecule has 0 saturated carbocycles. The first-order chi connectivity index (χ1) is 9.37. The lowest BCUT2D eigenvalue weighted by atomic mass is 9.86. The highest BCUT2D eigenvalue weighted by molar-refractivity contribution is 5.99. The highest BCUT2D eigenvalue weighted by atomic mass is 16.5. The fourth-order valence-corrected chi connectivity index (χ4v) is 2.82. The van der Waals surface area contributed by atoms with Crippen LogP contribution in [-0.4, -0.2) is 18.4 Å². The Morgan fingerprint density at radius 2 is 2.15 bits per heavy atom. The van der Waals surface area contributed by atoms with Crippen molar-refractivity contribution in [1.82, 2.24) is 0 Å². The van der Waals surface area contributed by atoms with Crippen LogP contribution in [-0.2, 0) is 6.42 Å². The third-order valence-electron chi connectivity index (χ3n) is 3.56. The number of ketones is 1. The molecular weight excluding hydrogens is 250 g/mol. The minimum Gasteiger partial charge on any atom is -0.493 e. The third-order valence-corrected chi connectivity index (χ3v) is 3.56. The zero-order chi connectivity index (χ0) is 14.8. The molecule has 0 aromatic heterocycles. The molecule has 0 radical (unpaired) electrons. The first-order valence-electron chi connectivity index (χ1n) is 7.40. The second-order valence-corrected chi connectivity index (χ2v) is 6.90. The molecule has 1 aromatic rings. The fraction of sp³-hybridized carbons (Fsp3) is 0.588. The minimum atomic E-state index is -0.0954. The summed E-state index contributed by atoms with van der Waals surface area (Å²) in [6.07, 6.45) is 3.24. The maximum Gasteiger partial charge on any atom is 0.168 e. The quantitative estimate of drug-likeness (QED) is 0.857. The van der Waals surface area contributed by atoms with Gasteiger partial charge in [-0.25, -0.2) is 0 Å². The van der Waals surface area contributed by atoms with E-state index in [4.69, 9.17) is 10.5 Å². The van der Waals surface area contributed by atoms with Crippen LogP contribution in [0.5, 0.6) is 5.75 Å². The van der Waals surface area contributed by atoms with Crippen LogP contribution < -0.4 is 10.5 Å². The smallest absolute Gasteiger partial charge is 0.168 e. The Morgan fingerprint density at radius 1 is 1.40 bits per heavy atom. The van der Waals surface area contributed by atoms with E-state index < -0.39 is 0 Å². The number of carbonyl (C=O) groups excluding carboxylic acids is 1. The van der Waals surface area contributed by atoms with Gasteiger partial charge in [0.05, 0.1) is 12.2 Å². The van der Waals surface area contributed by atoms with Crippen LogP contribution in [0.15, 0.2) is 18.2 Å². The topological polar surface area (TPSA) is 52.3 Å². The monoisotopic (exact) mass is 275 g/mol. The molecule has 3 nitrogen and oxygen atoms in total. The summed E-state index contributed by atoms with van der Waals surface area (Å²) in [6.45, 7) is 7.13. The van der Waals surface area contributed by atoms with Gasteiger partial charge in [-0.2, -0.15) is 0 Å². The molecule has 1 unspecified atom stereocenters. The molecule has 1 heterocycles. The summed E-state index contributed by atoms with van der Waals surface area (Å²) >= 11 is 0. The van der Waals surface area contributed by atoms with E-state index in [0.29, 0.717) is 18.6 Å². The largest absolute Gasteiger partial charge is 0.493 e. The number of para-hydroxylation sites is 1. The molecule has 0 bridgehead atoms. The molecule has 0 saturated heterocycles. The normalized spacial score (nSPS) is 16.2. The number of aryl methyl sites for hydroxylation is 1. The summed E-state index contributed by atoms with van der Waals surface area (Å²) in [5.41, 5.74) is 8.10. The van der Waals surface area contributed by atoms with Crippen LogP contribution in [0.4, 0.5) is 0 Å². The van der Waals surface area contributed by atoms with Gasteiger partial charge in [-0.1, -0.05) is 32.9 Å². The molecule has 1 aromatic carbocycles. The molecule has 20 heavy (non-hydrogen) atoms. The lowest BCUT2D eigenvalue weighted by molar-refractivity contribution is 0.0963. The van der Waals surface area contributed by atoms with Gasteiger partial charge in [0, 0.05) is 12.5 Å². The van der Waals surface area contributed by atoms with E-state index in [9.17, 15) is 4.79 Å². The van der Waals surface area contributed by atoms with E-state index in [0.717, 1.165) is 30.6 Å². The number of fused-ring (bicyclic) bond motifs is 1. The van der Waals surface area contributed by atoms with Crippen LogP contribution in [0.2, 0.25) is 0 Å². The van der Waals surface area contributed by atoms with Crippen LogP contribution in [0, 0.1) is 5.41 Å². The van der Waals surface area contributed by atoms with Gasteiger partial charge >= 0.3 is 0 Å². The van der Waals surface area contributed by atoms with E-state index in [-0.39, 0.29) is 17.2 Å². The molecule has 1 aliphatic rings. The number of nitrogens with two attached hydrogens (primary N) is 1. The number of Topliss-reactive ketones (excluding diaryl/α,β-unsaturated/α-hetero) is 1. The van der Waals surface area contributed by atoms with Gasteiger partial charge in [-0.15, -0.1) is 0 Å². The lowest BCUT2D eigenvalue weighted by Gasteiger charge is -2.24. The van der Waals surface area contributed by atoms with Gasteiger partial charge in [0.25, 0.3) is 0 Å². The molecule has 1 atom stereocenters. The van der Waals surface area contributed by atoms with Crippen molar-refractivity contribution in [3.05, 3.63) is 29.3 Å². The van der Waals surface area contributed by atoms with Crippen molar-refractivity contribution in [3.63, 3.8) is 0 Å². The standard InChI is InChI=1S/C17H25NO2/c1-17(2,3)11-13(18)10-15(19)14-8-4-6-12-7-5-9-20-16(12)14/h4,6,8,13H,5,7,9-11,18H2,1-3H3. The van der Waals surface area contributed by atoms with Crippen LogP contribution in [0.25, 0.3) is 0 Å². The van der Waals surface area contributed by atoms with Gasteiger partial charge in [0.15, 0.2) is 5.78 Å². The van der Waals surface area contributed by atoms with Gasteiger partial charge in [0.2, 0.25) is 0 Å². The molecule has 0 spiro atoms. The molecule has 0 amide bonds. The van der Waals surface area contributed by atoms with Crippen molar-refractivity contribution < 1.29 is 9.53 Å². The maximum atomic E-state index is 12.5. The van der Waals surface area contributed by atoms with Crippen molar-refractivity contribution in [2.24, 2.45) is 11.1 Å². The average Bonchev–Trinajstić information content (AvgIpc) is 2.35. The lowest BCUT2D eigenvalue weighted by Crippen LogP contribution is -2.29. The van der Waals surface area contributed by atoms with E-state index in [1.165, 1.54) is 0 Å². The molecule has 110 valence electrons. The number of hydrogen-bond donors (Lipinski definition) is 1. The zero-order valence-electron chi connectivity index (χ0n) is 12.7. The molecule has 0 aliphatic carbocycles. The number of ether oxygens (including phenoxy) is 1. The SMILES string of the molecule is CC(C)(C)CC(N)CC(=O)c1cccc2c1OCCC2. The van der Waals surface area contributed by atoms with Gasteiger partial charge in [-0.05, 0) is 36.3 Å². The number of hydrogen-bond acceptors (Lipinski definition) is 3. The van der Waals surface area contributed by atoms with Crippen molar-refractivity contribution >= 4 is 5.78 Å². The first kappa shape index (κ1) is 15.0. The van der Waals surface area contributed by atoms with Gasteiger partial charge < -0.3 is 10.5 Å². The molecule has 1 aliphatic heterocycles. The van der Waals surface area contributed by atoms with Crippen LogP contribution in [0.1, 0.15) is 56.0 Å². The fourth-order valence-electron chi connectivity index (χ4n) is 2.82. The summed E-state index contributed by atoms with van der Waals surface area (Å²) in [5, 5.41) is 0. The Kier molecular flexibility index (Phi) is 4.48. The highest BCUT2D eigenvalue weighted by Crippen LogP contribution is 2.30. The second-order valence-electron chi connectivity index (χ2n) is 6.90. The Hall–Kier alpha value is -1.35. The summed E-state index contributed by atoms with van der Waals surface area (Å²) in [5.74, 6) is 0.882. The maximum absolute atomic E-state index is 12.5. The summed E-state index contributed by atoms with van der Waals surface area (Å²) in [6, 6.07) is 5.74. The second kappa shape index (κ2) is 5.96. The molecule has 0 fully saturated rings. The van der Waals surface area contributed by atoms with E-state index in [2.05, 4.69) is 20.8 Å². The highest BCUT2D eigenvalue weighted by Gasteiger charge is 2.22. The Bertz CT molecular complexity index is 488. The third kappa shape index (κ3) is 3.83. The number of rotatable bonds is 4. The molecule has 3 heteroatoms.